The zero-order chi connectivity index (χ0) is 13.3. The van der Waals surface area contributed by atoms with Gasteiger partial charge in [0.1, 0.15) is 0 Å². The molecular formula is C12H14F3NO2. The van der Waals surface area contributed by atoms with E-state index >= 15 is 0 Å². The van der Waals surface area contributed by atoms with Crippen molar-refractivity contribution in [2.24, 2.45) is 0 Å². The van der Waals surface area contributed by atoms with Crippen molar-refractivity contribution in [3.05, 3.63) is 18.0 Å². The third-order valence-electron chi connectivity index (χ3n) is 2.31. The van der Waals surface area contributed by atoms with Crippen LogP contribution in [0, 0.1) is 0 Å². The van der Waals surface area contributed by atoms with Gasteiger partial charge in [0.05, 0.1) is 12.2 Å². The van der Waals surface area contributed by atoms with Crippen LogP contribution in [0.15, 0.2) is 12.3 Å². The SMILES string of the molecule is CC(C)Oc1ccnc(C(F)(F)F)c1OC1CC1. The number of halogens is 3. The van der Waals surface area contributed by atoms with E-state index in [2.05, 4.69) is 4.98 Å². The molecule has 0 amide bonds. The molecule has 100 valence electrons. The third-order valence-corrected chi connectivity index (χ3v) is 2.31. The van der Waals surface area contributed by atoms with Gasteiger partial charge in [0.25, 0.3) is 0 Å². The summed E-state index contributed by atoms with van der Waals surface area (Å²) < 4.78 is 49.2. The van der Waals surface area contributed by atoms with Gasteiger partial charge in [-0.05, 0) is 26.7 Å². The van der Waals surface area contributed by atoms with Crippen LogP contribution in [0.4, 0.5) is 13.2 Å². The maximum Gasteiger partial charge on any atom is 0.437 e. The first-order valence-corrected chi connectivity index (χ1v) is 5.77. The van der Waals surface area contributed by atoms with Crippen LogP contribution in [-0.2, 0) is 6.18 Å². The van der Waals surface area contributed by atoms with Gasteiger partial charge in [-0.2, -0.15) is 13.2 Å². The summed E-state index contributed by atoms with van der Waals surface area (Å²) in [6, 6.07) is 1.40. The second-order valence-electron chi connectivity index (χ2n) is 4.47. The Kier molecular flexibility index (Phi) is 3.36. The van der Waals surface area contributed by atoms with Gasteiger partial charge in [-0.15, -0.1) is 0 Å². The minimum atomic E-state index is -4.54. The van der Waals surface area contributed by atoms with E-state index in [-0.39, 0.29) is 23.7 Å². The number of hydrogen-bond donors (Lipinski definition) is 0. The van der Waals surface area contributed by atoms with Gasteiger partial charge in [-0.25, -0.2) is 4.98 Å². The molecule has 0 N–H and O–H groups in total. The molecule has 1 aromatic heterocycles. The second kappa shape index (κ2) is 4.66. The lowest BCUT2D eigenvalue weighted by molar-refractivity contribution is -0.142. The molecule has 0 aliphatic heterocycles. The predicted molar refractivity (Wildman–Crippen MR) is 58.7 cm³/mol. The molecule has 0 spiro atoms. The molecule has 0 bridgehead atoms. The molecule has 1 aromatic rings. The highest BCUT2D eigenvalue weighted by atomic mass is 19.4. The fourth-order valence-electron chi connectivity index (χ4n) is 1.45. The lowest BCUT2D eigenvalue weighted by atomic mass is 10.3. The summed E-state index contributed by atoms with van der Waals surface area (Å²) >= 11 is 0. The molecule has 2 rings (SSSR count). The lowest BCUT2D eigenvalue weighted by Gasteiger charge is -2.18. The number of aromatic nitrogens is 1. The van der Waals surface area contributed by atoms with Crippen molar-refractivity contribution in [1.82, 2.24) is 4.98 Å². The van der Waals surface area contributed by atoms with Crippen molar-refractivity contribution in [2.45, 2.75) is 45.1 Å². The Labute approximate surface area is 103 Å². The highest BCUT2D eigenvalue weighted by Gasteiger charge is 2.40. The minimum Gasteiger partial charge on any atom is -0.487 e. The molecule has 0 atom stereocenters. The minimum absolute atomic E-state index is 0.0965. The van der Waals surface area contributed by atoms with Gasteiger partial charge >= 0.3 is 6.18 Å². The van der Waals surface area contributed by atoms with Crippen molar-refractivity contribution in [3.8, 4) is 11.5 Å². The van der Waals surface area contributed by atoms with Gasteiger partial charge in [0, 0.05) is 12.3 Å². The van der Waals surface area contributed by atoms with Crippen LogP contribution in [0.5, 0.6) is 11.5 Å². The van der Waals surface area contributed by atoms with E-state index < -0.39 is 11.9 Å². The molecule has 1 aliphatic rings. The monoisotopic (exact) mass is 261 g/mol. The molecule has 1 aliphatic carbocycles. The van der Waals surface area contributed by atoms with Crippen molar-refractivity contribution in [2.75, 3.05) is 0 Å². The van der Waals surface area contributed by atoms with E-state index in [9.17, 15) is 13.2 Å². The fraction of sp³-hybridized carbons (Fsp3) is 0.583. The maximum atomic E-state index is 12.8. The summed E-state index contributed by atoms with van der Waals surface area (Å²) in [5, 5.41) is 0. The second-order valence-corrected chi connectivity index (χ2v) is 4.47. The molecule has 1 heterocycles. The Bertz CT molecular complexity index is 428. The number of hydrogen-bond acceptors (Lipinski definition) is 3. The Morgan fingerprint density at radius 1 is 1.33 bits per heavy atom. The van der Waals surface area contributed by atoms with Crippen molar-refractivity contribution in [3.63, 3.8) is 0 Å². The molecule has 0 radical (unpaired) electrons. The zero-order valence-electron chi connectivity index (χ0n) is 10.1. The van der Waals surface area contributed by atoms with Crippen molar-refractivity contribution in [1.29, 1.82) is 0 Å². The number of alkyl halides is 3. The van der Waals surface area contributed by atoms with Gasteiger partial charge in [-0.3, -0.25) is 0 Å². The van der Waals surface area contributed by atoms with Crippen LogP contribution in [0.1, 0.15) is 32.4 Å². The molecule has 0 aromatic carbocycles. The largest absolute Gasteiger partial charge is 0.487 e. The quantitative estimate of drug-likeness (QED) is 0.832. The fourth-order valence-corrected chi connectivity index (χ4v) is 1.45. The van der Waals surface area contributed by atoms with Crippen LogP contribution < -0.4 is 9.47 Å². The molecule has 18 heavy (non-hydrogen) atoms. The van der Waals surface area contributed by atoms with E-state index in [1.165, 1.54) is 6.07 Å². The Morgan fingerprint density at radius 3 is 2.50 bits per heavy atom. The summed E-state index contributed by atoms with van der Waals surface area (Å²) in [6.07, 6.45) is -2.29. The number of pyridine rings is 1. The molecular weight excluding hydrogens is 247 g/mol. The predicted octanol–water partition coefficient (Wildman–Crippen LogP) is 3.43. The van der Waals surface area contributed by atoms with Crippen molar-refractivity contribution >= 4 is 0 Å². The lowest BCUT2D eigenvalue weighted by Crippen LogP contribution is -2.15. The summed E-state index contributed by atoms with van der Waals surface area (Å²) in [7, 11) is 0. The van der Waals surface area contributed by atoms with Gasteiger partial charge in [0.2, 0.25) is 0 Å². The van der Waals surface area contributed by atoms with E-state index in [1.807, 2.05) is 0 Å². The van der Waals surface area contributed by atoms with Crippen LogP contribution in [0.2, 0.25) is 0 Å². The standard InChI is InChI=1S/C12H14F3NO2/c1-7(2)17-9-5-6-16-11(12(13,14)15)10(9)18-8-3-4-8/h5-8H,3-4H2,1-2H3. The first-order chi connectivity index (χ1) is 8.38. The Morgan fingerprint density at radius 2 is 2.00 bits per heavy atom. The normalized spacial score (nSPS) is 15.9. The highest BCUT2D eigenvalue weighted by molar-refractivity contribution is 5.44. The summed E-state index contributed by atoms with van der Waals surface area (Å²) in [5.74, 6) is -0.194. The van der Waals surface area contributed by atoms with Gasteiger partial charge in [-0.1, -0.05) is 0 Å². The molecule has 3 nitrogen and oxygen atoms in total. The van der Waals surface area contributed by atoms with Crippen molar-refractivity contribution < 1.29 is 22.6 Å². The van der Waals surface area contributed by atoms with E-state index in [4.69, 9.17) is 9.47 Å². The number of nitrogens with zero attached hydrogens (tertiary/aromatic N) is 1. The summed E-state index contributed by atoms with van der Waals surface area (Å²) in [6.45, 7) is 3.49. The topological polar surface area (TPSA) is 31.4 Å². The first kappa shape index (κ1) is 13.0. The maximum absolute atomic E-state index is 12.8. The summed E-state index contributed by atoms with van der Waals surface area (Å²) in [5.41, 5.74) is -1.02. The summed E-state index contributed by atoms with van der Waals surface area (Å²) in [4.78, 5) is 3.37. The van der Waals surface area contributed by atoms with E-state index in [0.29, 0.717) is 0 Å². The van der Waals surface area contributed by atoms with Crippen LogP contribution >= 0.6 is 0 Å². The third kappa shape index (κ3) is 3.05. The van der Waals surface area contributed by atoms with Crippen LogP contribution in [0.3, 0.4) is 0 Å². The molecule has 6 heteroatoms. The average Bonchev–Trinajstić information content (AvgIpc) is 3.02. The Hall–Kier alpha value is -1.46. The van der Waals surface area contributed by atoms with Crippen LogP contribution in [-0.4, -0.2) is 17.2 Å². The smallest absolute Gasteiger partial charge is 0.437 e. The van der Waals surface area contributed by atoms with Gasteiger partial charge in [0.15, 0.2) is 17.2 Å². The molecule has 1 fully saturated rings. The first-order valence-electron chi connectivity index (χ1n) is 5.77. The number of rotatable bonds is 4. The Balaban J connectivity index is 2.38. The average molecular weight is 261 g/mol. The highest BCUT2D eigenvalue weighted by Crippen LogP contribution is 2.42. The molecule has 1 saturated carbocycles. The molecule has 0 saturated heterocycles. The molecule has 0 unspecified atom stereocenters. The van der Waals surface area contributed by atoms with E-state index in [0.717, 1.165) is 19.0 Å². The van der Waals surface area contributed by atoms with E-state index in [1.54, 1.807) is 13.8 Å². The zero-order valence-corrected chi connectivity index (χ0v) is 10.1. The van der Waals surface area contributed by atoms with Gasteiger partial charge < -0.3 is 9.47 Å². The number of ether oxygens (including phenoxy) is 2. The van der Waals surface area contributed by atoms with Crippen LogP contribution in [0.25, 0.3) is 0 Å².